The van der Waals surface area contributed by atoms with E-state index in [0.29, 0.717) is 16.2 Å². The highest BCUT2D eigenvalue weighted by Gasteiger charge is 2.69. The standard InChI is InChI=1S/C16H23BrO3/c17-14-8-11-6-12(9-14)16(13(7-11)10-14)18-15(19-20-16)4-2-1-3-5-15/h11-13H,1-10H2. The number of alkyl halides is 1. The van der Waals surface area contributed by atoms with Crippen LogP contribution >= 0.6 is 15.9 Å². The highest BCUT2D eigenvalue weighted by atomic mass is 79.9. The Kier molecular flexibility index (Phi) is 2.58. The van der Waals surface area contributed by atoms with Crippen molar-refractivity contribution in [3.05, 3.63) is 0 Å². The summed E-state index contributed by atoms with van der Waals surface area (Å²) in [7, 11) is 0. The first-order valence-corrected chi connectivity index (χ1v) is 9.17. The van der Waals surface area contributed by atoms with Crippen LogP contribution in [0.25, 0.3) is 0 Å². The summed E-state index contributed by atoms with van der Waals surface area (Å²) in [6.45, 7) is 0. The summed E-state index contributed by atoms with van der Waals surface area (Å²) in [5.41, 5.74) is 0. The van der Waals surface area contributed by atoms with E-state index in [9.17, 15) is 0 Å². The molecule has 20 heavy (non-hydrogen) atoms. The van der Waals surface area contributed by atoms with Crippen LogP contribution in [0.4, 0.5) is 0 Å². The maximum Gasteiger partial charge on any atom is 0.210 e. The van der Waals surface area contributed by atoms with Gasteiger partial charge in [-0.2, -0.15) is 9.78 Å². The zero-order valence-corrected chi connectivity index (χ0v) is 13.5. The first-order chi connectivity index (χ1) is 9.62. The molecule has 6 rings (SSSR count). The zero-order chi connectivity index (χ0) is 13.4. The van der Waals surface area contributed by atoms with Crippen molar-refractivity contribution in [1.29, 1.82) is 0 Å². The number of hydrogen-bond donors (Lipinski definition) is 0. The van der Waals surface area contributed by atoms with E-state index in [2.05, 4.69) is 15.9 Å². The second-order valence-corrected chi connectivity index (χ2v) is 9.64. The van der Waals surface area contributed by atoms with Crippen molar-refractivity contribution in [3.63, 3.8) is 0 Å². The third kappa shape index (κ3) is 1.62. The van der Waals surface area contributed by atoms with E-state index in [1.165, 1.54) is 51.4 Å². The lowest BCUT2D eigenvalue weighted by atomic mass is 9.53. The molecule has 112 valence electrons. The van der Waals surface area contributed by atoms with Gasteiger partial charge in [-0.3, -0.25) is 0 Å². The molecule has 4 bridgehead atoms. The summed E-state index contributed by atoms with van der Waals surface area (Å²) in [5.74, 6) is 1.09. The van der Waals surface area contributed by atoms with Gasteiger partial charge >= 0.3 is 0 Å². The quantitative estimate of drug-likeness (QED) is 0.485. The van der Waals surface area contributed by atoms with Crippen LogP contribution < -0.4 is 0 Å². The Hall–Kier alpha value is 0.360. The monoisotopic (exact) mass is 342 g/mol. The molecule has 4 heteroatoms. The third-order valence-electron chi connectivity index (χ3n) is 6.54. The molecule has 6 aliphatic rings. The minimum Gasteiger partial charge on any atom is -0.312 e. The summed E-state index contributed by atoms with van der Waals surface area (Å²) in [6.07, 6.45) is 12.0. The molecule has 0 aromatic rings. The maximum atomic E-state index is 6.63. The van der Waals surface area contributed by atoms with Crippen LogP contribution in [0.3, 0.4) is 0 Å². The molecule has 6 fully saturated rings. The molecule has 0 aromatic carbocycles. The first-order valence-electron chi connectivity index (χ1n) is 8.38. The smallest absolute Gasteiger partial charge is 0.210 e. The van der Waals surface area contributed by atoms with Crippen LogP contribution in [0.1, 0.15) is 64.2 Å². The highest BCUT2D eigenvalue weighted by Crippen LogP contribution is 2.66. The van der Waals surface area contributed by atoms with E-state index in [1.807, 2.05) is 0 Å². The SMILES string of the molecule is BrC12CC3CC(C1)C1(OOC4(CCCCC4)O1)C(C3)C2. The van der Waals surface area contributed by atoms with Crippen LogP contribution in [0.2, 0.25) is 0 Å². The van der Waals surface area contributed by atoms with Crippen LogP contribution in [0.5, 0.6) is 0 Å². The van der Waals surface area contributed by atoms with Crippen molar-refractivity contribution in [1.82, 2.24) is 0 Å². The normalized spacial score (nSPS) is 56.0. The van der Waals surface area contributed by atoms with Crippen molar-refractivity contribution >= 4 is 15.9 Å². The molecular formula is C16H23BrO3. The second-order valence-electron chi connectivity index (χ2n) is 7.96. The molecule has 2 spiro atoms. The predicted octanol–water partition coefficient (Wildman–Crippen LogP) is 4.30. The lowest BCUT2D eigenvalue weighted by Gasteiger charge is -2.60. The van der Waals surface area contributed by atoms with Crippen molar-refractivity contribution in [3.8, 4) is 0 Å². The highest BCUT2D eigenvalue weighted by molar-refractivity contribution is 9.10. The molecule has 2 unspecified atom stereocenters. The van der Waals surface area contributed by atoms with Crippen molar-refractivity contribution in [2.75, 3.05) is 0 Å². The summed E-state index contributed by atoms with van der Waals surface area (Å²) in [6, 6.07) is 0. The fourth-order valence-corrected chi connectivity index (χ4v) is 7.12. The van der Waals surface area contributed by atoms with Gasteiger partial charge in [-0.25, -0.2) is 0 Å². The van der Waals surface area contributed by atoms with Crippen molar-refractivity contribution in [2.45, 2.75) is 80.1 Å². The molecule has 0 aromatic heterocycles. The van der Waals surface area contributed by atoms with Crippen LogP contribution in [0.15, 0.2) is 0 Å². The fraction of sp³-hybridized carbons (Fsp3) is 1.00. The van der Waals surface area contributed by atoms with Crippen LogP contribution in [-0.4, -0.2) is 15.9 Å². The number of rotatable bonds is 0. The van der Waals surface area contributed by atoms with E-state index in [0.717, 1.165) is 18.8 Å². The van der Waals surface area contributed by atoms with Gasteiger partial charge in [0.15, 0.2) is 0 Å². The second kappa shape index (κ2) is 4.01. The summed E-state index contributed by atoms with van der Waals surface area (Å²) < 4.78 is 7.00. The average Bonchev–Trinajstić information content (AvgIpc) is 2.76. The Morgan fingerprint density at radius 3 is 2.20 bits per heavy atom. The number of ether oxygens (including phenoxy) is 1. The van der Waals surface area contributed by atoms with E-state index >= 15 is 0 Å². The van der Waals surface area contributed by atoms with Crippen molar-refractivity contribution in [2.24, 2.45) is 17.8 Å². The summed E-state index contributed by atoms with van der Waals surface area (Å²) in [5, 5.41) is 0. The Labute approximate surface area is 128 Å². The lowest BCUT2D eigenvalue weighted by Crippen LogP contribution is -2.63. The Balaban J connectivity index is 1.47. The molecule has 1 saturated heterocycles. The van der Waals surface area contributed by atoms with Gasteiger partial charge in [-0.1, -0.05) is 22.4 Å². The molecule has 1 aliphatic heterocycles. The number of halogens is 1. The van der Waals surface area contributed by atoms with E-state index in [-0.39, 0.29) is 0 Å². The minimum atomic E-state index is -0.411. The van der Waals surface area contributed by atoms with Gasteiger partial charge in [0.25, 0.3) is 0 Å². The van der Waals surface area contributed by atoms with Crippen LogP contribution in [-0.2, 0) is 14.5 Å². The van der Waals surface area contributed by atoms with Gasteiger partial charge in [0.05, 0.1) is 0 Å². The molecule has 0 amide bonds. The first kappa shape index (κ1) is 12.9. The van der Waals surface area contributed by atoms with Crippen LogP contribution in [0, 0.1) is 17.8 Å². The molecular weight excluding hydrogens is 320 g/mol. The molecule has 1 heterocycles. The van der Waals surface area contributed by atoms with Gasteiger partial charge in [0.2, 0.25) is 11.6 Å². The molecule has 0 radical (unpaired) electrons. The Bertz CT molecular complexity index is 415. The molecule has 3 nitrogen and oxygen atoms in total. The summed E-state index contributed by atoms with van der Waals surface area (Å²) in [4.78, 5) is 11.9. The average molecular weight is 343 g/mol. The third-order valence-corrected chi connectivity index (χ3v) is 7.51. The Morgan fingerprint density at radius 1 is 0.850 bits per heavy atom. The van der Waals surface area contributed by atoms with Gasteiger partial charge in [0.1, 0.15) is 0 Å². The van der Waals surface area contributed by atoms with Gasteiger partial charge in [-0.05, 0) is 50.9 Å². The molecule has 2 atom stereocenters. The largest absolute Gasteiger partial charge is 0.312 e. The summed E-state index contributed by atoms with van der Waals surface area (Å²) >= 11 is 4.02. The topological polar surface area (TPSA) is 27.7 Å². The van der Waals surface area contributed by atoms with Gasteiger partial charge in [0, 0.05) is 29.0 Å². The van der Waals surface area contributed by atoms with Crippen molar-refractivity contribution < 1.29 is 14.5 Å². The zero-order valence-electron chi connectivity index (χ0n) is 11.9. The maximum absolute atomic E-state index is 6.63. The Morgan fingerprint density at radius 2 is 1.55 bits per heavy atom. The lowest BCUT2D eigenvalue weighted by molar-refractivity contribution is -0.388. The fourth-order valence-electron chi connectivity index (χ4n) is 5.88. The van der Waals surface area contributed by atoms with Gasteiger partial charge in [-0.15, -0.1) is 0 Å². The van der Waals surface area contributed by atoms with E-state index in [1.54, 1.807) is 0 Å². The molecule has 0 N–H and O–H groups in total. The van der Waals surface area contributed by atoms with E-state index in [4.69, 9.17) is 14.5 Å². The minimum absolute atomic E-state index is 0.365. The molecule has 5 aliphatic carbocycles. The molecule has 5 saturated carbocycles. The van der Waals surface area contributed by atoms with E-state index < -0.39 is 11.6 Å². The van der Waals surface area contributed by atoms with Gasteiger partial charge < -0.3 is 4.74 Å². The predicted molar refractivity (Wildman–Crippen MR) is 77.0 cm³/mol. The number of hydrogen-bond acceptors (Lipinski definition) is 3.